The monoisotopic (exact) mass is 403 g/mol. The standard InChI is InChI=1S/C19H22ClN5OS/c1-4-5-6-16-23-24-19(27-16)22-18(26)15-11-21-25(17(15)12(2)3)14-9-7-13(20)8-10-14/h7-12H,4-6H2,1-3H3,(H,22,24,26). The van der Waals surface area contributed by atoms with E-state index >= 15 is 0 Å². The fourth-order valence-corrected chi connectivity index (χ4v) is 3.68. The molecule has 1 N–H and O–H groups in total. The Kier molecular flexibility index (Phi) is 6.23. The van der Waals surface area contributed by atoms with E-state index in [2.05, 4.69) is 27.5 Å². The lowest BCUT2D eigenvalue weighted by molar-refractivity contribution is 0.102. The van der Waals surface area contributed by atoms with Crippen molar-refractivity contribution in [2.24, 2.45) is 0 Å². The first-order chi connectivity index (χ1) is 13.0. The van der Waals surface area contributed by atoms with Gasteiger partial charge < -0.3 is 0 Å². The van der Waals surface area contributed by atoms with Crippen LogP contribution >= 0.6 is 22.9 Å². The second-order valence-electron chi connectivity index (χ2n) is 6.55. The van der Waals surface area contributed by atoms with Gasteiger partial charge in [0.15, 0.2) is 0 Å². The molecule has 8 heteroatoms. The number of anilines is 1. The van der Waals surface area contributed by atoms with Gasteiger partial charge in [-0.25, -0.2) is 4.68 Å². The molecule has 0 saturated carbocycles. The highest BCUT2D eigenvalue weighted by atomic mass is 35.5. The largest absolute Gasteiger partial charge is 0.296 e. The maximum atomic E-state index is 12.8. The van der Waals surface area contributed by atoms with E-state index in [1.807, 2.05) is 38.1 Å². The molecular formula is C19H22ClN5OS. The van der Waals surface area contributed by atoms with Crippen LogP contribution in [0.3, 0.4) is 0 Å². The maximum Gasteiger partial charge on any atom is 0.260 e. The highest BCUT2D eigenvalue weighted by Gasteiger charge is 2.22. The molecule has 0 spiro atoms. The van der Waals surface area contributed by atoms with Crippen molar-refractivity contribution in [2.75, 3.05) is 5.32 Å². The minimum absolute atomic E-state index is 0.110. The molecule has 1 aromatic carbocycles. The van der Waals surface area contributed by atoms with E-state index in [1.165, 1.54) is 11.3 Å². The van der Waals surface area contributed by atoms with Crippen LogP contribution in [0.15, 0.2) is 30.5 Å². The minimum Gasteiger partial charge on any atom is -0.296 e. The molecule has 0 radical (unpaired) electrons. The van der Waals surface area contributed by atoms with Crippen LogP contribution in [0.5, 0.6) is 0 Å². The zero-order chi connectivity index (χ0) is 19.4. The first-order valence-electron chi connectivity index (χ1n) is 8.97. The summed E-state index contributed by atoms with van der Waals surface area (Å²) in [5.74, 6) is -0.115. The number of nitrogens with one attached hydrogen (secondary N) is 1. The van der Waals surface area contributed by atoms with Gasteiger partial charge in [-0.05, 0) is 36.6 Å². The van der Waals surface area contributed by atoms with Gasteiger partial charge in [0, 0.05) is 11.4 Å². The molecular weight excluding hydrogens is 382 g/mol. The van der Waals surface area contributed by atoms with Gasteiger partial charge in [0.25, 0.3) is 5.91 Å². The van der Waals surface area contributed by atoms with Crippen molar-refractivity contribution in [3.63, 3.8) is 0 Å². The molecule has 3 aromatic rings. The summed E-state index contributed by atoms with van der Waals surface area (Å²) in [7, 11) is 0. The zero-order valence-corrected chi connectivity index (χ0v) is 17.1. The Bertz CT molecular complexity index is 917. The third-order valence-corrected chi connectivity index (χ3v) is 5.25. The van der Waals surface area contributed by atoms with E-state index < -0.39 is 0 Å². The van der Waals surface area contributed by atoms with Crippen molar-refractivity contribution in [1.29, 1.82) is 0 Å². The topological polar surface area (TPSA) is 72.7 Å². The fraction of sp³-hybridized carbons (Fsp3) is 0.368. The van der Waals surface area contributed by atoms with Crippen LogP contribution in [0.1, 0.15) is 60.6 Å². The Morgan fingerprint density at radius 2 is 2.00 bits per heavy atom. The number of halogens is 1. The molecule has 6 nitrogen and oxygen atoms in total. The van der Waals surface area contributed by atoms with Gasteiger partial charge in [-0.15, -0.1) is 10.2 Å². The lowest BCUT2D eigenvalue weighted by atomic mass is 10.1. The molecule has 0 aliphatic carbocycles. The number of carbonyl (C=O) groups excluding carboxylic acids is 1. The van der Waals surface area contributed by atoms with Crippen LogP contribution in [-0.4, -0.2) is 25.9 Å². The molecule has 0 aliphatic rings. The number of unbranched alkanes of at least 4 members (excludes halogenated alkanes) is 1. The molecule has 142 valence electrons. The highest BCUT2D eigenvalue weighted by molar-refractivity contribution is 7.15. The average molecular weight is 404 g/mol. The predicted molar refractivity (Wildman–Crippen MR) is 109 cm³/mol. The van der Waals surface area contributed by atoms with Gasteiger partial charge in [0.2, 0.25) is 5.13 Å². The molecule has 0 aliphatic heterocycles. The first-order valence-corrected chi connectivity index (χ1v) is 10.2. The Balaban J connectivity index is 1.84. The van der Waals surface area contributed by atoms with Crippen LogP contribution in [0.25, 0.3) is 5.69 Å². The fourth-order valence-electron chi connectivity index (χ4n) is 2.77. The Morgan fingerprint density at radius 3 is 2.67 bits per heavy atom. The normalized spacial score (nSPS) is 11.1. The van der Waals surface area contributed by atoms with Crippen LogP contribution in [-0.2, 0) is 6.42 Å². The number of aryl methyl sites for hydroxylation is 1. The van der Waals surface area contributed by atoms with Gasteiger partial charge in [-0.2, -0.15) is 5.10 Å². The lowest BCUT2D eigenvalue weighted by Crippen LogP contribution is -2.15. The van der Waals surface area contributed by atoms with E-state index in [4.69, 9.17) is 11.6 Å². The van der Waals surface area contributed by atoms with Crippen LogP contribution < -0.4 is 5.32 Å². The van der Waals surface area contributed by atoms with Crippen molar-refractivity contribution in [3.8, 4) is 5.69 Å². The number of nitrogens with zero attached hydrogens (tertiary/aromatic N) is 4. The second kappa shape index (κ2) is 8.63. The van der Waals surface area contributed by atoms with Crippen LogP contribution in [0, 0.1) is 0 Å². The van der Waals surface area contributed by atoms with Gasteiger partial charge >= 0.3 is 0 Å². The number of carbonyl (C=O) groups is 1. The summed E-state index contributed by atoms with van der Waals surface area (Å²) in [5, 5.41) is 17.6. The van der Waals surface area contributed by atoms with Crippen LogP contribution in [0.2, 0.25) is 5.02 Å². The van der Waals surface area contributed by atoms with E-state index in [9.17, 15) is 4.79 Å². The quantitative estimate of drug-likeness (QED) is 0.595. The Morgan fingerprint density at radius 1 is 1.26 bits per heavy atom. The predicted octanol–water partition coefficient (Wildman–Crippen LogP) is 5.10. The summed E-state index contributed by atoms with van der Waals surface area (Å²) < 4.78 is 1.78. The maximum absolute atomic E-state index is 12.8. The summed E-state index contributed by atoms with van der Waals surface area (Å²) in [5.41, 5.74) is 2.23. The molecule has 0 bridgehead atoms. The molecule has 2 heterocycles. The number of hydrogen-bond donors (Lipinski definition) is 1. The lowest BCUT2D eigenvalue weighted by Gasteiger charge is -2.12. The number of aromatic nitrogens is 4. The number of hydrogen-bond acceptors (Lipinski definition) is 5. The molecule has 1 amide bonds. The average Bonchev–Trinajstić information content (AvgIpc) is 3.27. The molecule has 0 saturated heterocycles. The highest BCUT2D eigenvalue weighted by Crippen LogP contribution is 2.25. The number of amides is 1. The zero-order valence-electron chi connectivity index (χ0n) is 15.6. The van der Waals surface area contributed by atoms with E-state index in [0.717, 1.165) is 35.7 Å². The SMILES string of the molecule is CCCCc1nnc(NC(=O)c2cnn(-c3ccc(Cl)cc3)c2C(C)C)s1. The summed E-state index contributed by atoms with van der Waals surface area (Å²) in [6.45, 7) is 6.21. The van der Waals surface area contributed by atoms with Crippen molar-refractivity contribution in [2.45, 2.75) is 46.0 Å². The smallest absolute Gasteiger partial charge is 0.260 e. The minimum atomic E-state index is -0.225. The Hall–Kier alpha value is -2.25. The van der Waals surface area contributed by atoms with Gasteiger partial charge in [0.05, 0.1) is 23.1 Å². The van der Waals surface area contributed by atoms with Crippen molar-refractivity contribution in [3.05, 3.63) is 51.7 Å². The third-order valence-electron chi connectivity index (χ3n) is 4.10. The van der Waals surface area contributed by atoms with Crippen molar-refractivity contribution < 1.29 is 4.79 Å². The molecule has 0 unspecified atom stereocenters. The number of rotatable bonds is 7. The van der Waals surface area contributed by atoms with E-state index in [0.29, 0.717) is 15.7 Å². The van der Waals surface area contributed by atoms with E-state index in [-0.39, 0.29) is 11.8 Å². The first kappa shape index (κ1) is 19.5. The molecule has 27 heavy (non-hydrogen) atoms. The molecule has 0 fully saturated rings. The third kappa shape index (κ3) is 4.54. The van der Waals surface area contributed by atoms with Gasteiger partial charge in [-0.3, -0.25) is 10.1 Å². The molecule has 0 atom stereocenters. The Labute approximate surface area is 167 Å². The van der Waals surface area contributed by atoms with E-state index in [1.54, 1.807) is 10.9 Å². The van der Waals surface area contributed by atoms with Crippen molar-refractivity contribution in [1.82, 2.24) is 20.0 Å². The molecule has 3 rings (SSSR count). The number of benzene rings is 1. The van der Waals surface area contributed by atoms with Crippen molar-refractivity contribution >= 4 is 34.0 Å². The second-order valence-corrected chi connectivity index (χ2v) is 8.04. The van der Waals surface area contributed by atoms with Crippen LogP contribution in [0.4, 0.5) is 5.13 Å². The summed E-state index contributed by atoms with van der Waals surface area (Å²) in [4.78, 5) is 12.8. The van der Waals surface area contributed by atoms with Gasteiger partial charge in [-0.1, -0.05) is 50.1 Å². The van der Waals surface area contributed by atoms with Gasteiger partial charge in [0.1, 0.15) is 5.01 Å². The molecule has 2 aromatic heterocycles. The summed E-state index contributed by atoms with van der Waals surface area (Å²) in [6.07, 6.45) is 4.64. The summed E-state index contributed by atoms with van der Waals surface area (Å²) >= 11 is 7.39. The summed E-state index contributed by atoms with van der Waals surface area (Å²) in [6, 6.07) is 7.38.